The van der Waals surface area contributed by atoms with Crippen molar-refractivity contribution in [2.75, 3.05) is 0 Å². The summed E-state index contributed by atoms with van der Waals surface area (Å²) in [6, 6.07) is 40.7. The molecular weight excluding hydrogens is 461 g/mol. The Balaban J connectivity index is 1.14. The zero-order valence-electron chi connectivity index (χ0n) is 19.6. The Kier molecular flexibility index (Phi) is 6.14. The number of benzene rings is 4. The maximum Gasteiger partial charge on any atom is 0.127 e. The molecule has 0 aliphatic heterocycles. The fraction of sp³-hybridized carbons (Fsp3) is 0. The average Bonchev–Trinajstić information content (AvgIpc) is 3.61. The normalized spacial score (nSPS) is 11.3. The Hall–Kier alpha value is -4.46. The molecule has 4 heteroatoms. The van der Waals surface area contributed by atoms with Crippen LogP contribution in [0, 0.1) is 0 Å². The second-order valence-electron chi connectivity index (χ2n) is 8.43. The summed E-state index contributed by atoms with van der Waals surface area (Å²) in [5, 5.41) is 1.31. The molecule has 0 bridgehead atoms. The highest BCUT2D eigenvalue weighted by atomic mass is 31.1. The number of hydrogen-bond acceptors (Lipinski definition) is 2. The van der Waals surface area contributed by atoms with Gasteiger partial charge in [-0.2, -0.15) is 0 Å². The molecule has 6 rings (SSSR count). The van der Waals surface area contributed by atoms with Crippen LogP contribution in [0.4, 0.5) is 0 Å². The van der Waals surface area contributed by atoms with Gasteiger partial charge in [-0.3, -0.25) is 0 Å². The standard InChI is InChI=1S/C32H24NO2P/c1-3-7-28(8-4-1)34-30-13-11-27(12-14-30)33-21-19-25(23-33)26-20-22-36(24-26)32-17-15-31(16-18-32)35-29-9-5-2-6-10-29/h1-24H. The van der Waals surface area contributed by atoms with Crippen LogP contribution in [0.3, 0.4) is 0 Å². The molecule has 3 nitrogen and oxygen atoms in total. The molecular formula is C32H24NO2P. The van der Waals surface area contributed by atoms with Crippen LogP contribution in [0.2, 0.25) is 0 Å². The van der Waals surface area contributed by atoms with E-state index < -0.39 is 7.53 Å². The van der Waals surface area contributed by atoms with Gasteiger partial charge in [-0.1, -0.05) is 43.9 Å². The van der Waals surface area contributed by atoms with Crippen LogP contribution < -0.4 is 9.47 Å². The highest BCUT2D eigenvalue weighted by molar-refractivity contribution is 7.56. The third-order valence-corrected chi connectivity index (χ3v) is 7.87. The van der Waals surface area contributed by atoms with Crippen LogP contribution in [0.1, 0.15) is 0 Å². The Morgan fingerprint density at radius 2 is 1.06 bits per heavy atom. The topological polar surface area (TPSA) is 23.4 Å². The molecule has 174 valence electrons. The summed E-state index contributed by atoms with van der Waals surface area (Å²) < 4.78 is 14.0. The molecule has 36 heavy (non-hydrogen) atoms. The SMILES string of the molecule is c1ccc(Oc2ccc(-n3ccc(-c4ccp(-c5ccc(Oc6ccccc6)cc5)c4)c3)cc2)cc1. The van der Waals surface area contributed by atoms with Crippen molar-refractivity contribution in [3.63, 3.8) is 0 Å². The van der Waals surface area contributed by atoms with Crippen molar-refractivity contribution in [1.82, 2.24) is 4.57 Å². The monoisotopic (exact) mass is 485 g/mol. The Morgan fingerprint density at radius 1 is 0.500 bits per heavy atom. The van der Waals surface area contributed by atoms with Crippen LogP contribution in [-0.2, 0) is 0 Å². The van der Waals surface area contributed by atoms with Gasteiger partial charge in [-0.15, -0.1) is 0 Å². The Labute approximate surface area is 211 Å². The lowest BCUT2D eigenvalue weighted by Gasteiger charge is -2.07. The minimum atomic E-state index is -0.473. The largest absolute Gasteiger partial charge is 0.457 e. The molecule has 0 spiro atoms. The van der Waals surface area contributed by atoms with E-state index in [4.69, 9.17) is 9.47 Å². The van der Waals surface area contributed by atoms with E-state index in [2.05, 4.69) is 65.0 Å². The average molecular weight is 486 g/mol. The van der Waals surface area contributed by atoms with Gasteiger partial charge in [0.1, 0.15) is 23.0 Å². The summed E-state index contributed by atoms with van der Waals surface area (Å²) in [6.45, 7) is 0. The molecule has 0 saturated heterocycles. The van der Waals surface area contributed by atoms with Gasteiger partial charge in [-0.25, -0.2) is 0 Å². The number of ether oxygens (including phenoxy) is 2. The van der Waals surface area contributed by atoms with Gasteiger partial charge in [0, 0.05) is 23.6 Å². The number of aromatic nitrogens is 1. The Bertz CT molecular complexity index is 1430. The van der Waals surface area contributed by atoms with Crippen molar-refractivity contribution < 1.29 is 9.47 Å². The van der Waals surface area contributed by atoms with Gasteiger partial charge in [0.25, 0.3) is 0 Å². The molecule has 0 radical (unpaired) electrons. The van der Waals surface area contributed by atoms with Crippen LogP contribution in [0.15, 0.2) is 145 Å². The number of para-hydroxylation sites is 2. The van der Waals surface area contributed by atoms with Crippen molar-refractivity contribution >= 4 is 7.53 Å². The minimum Gasteiger partial charge on any atom is -0.457 e. The van der Waals surface area contributed by atoms with E-state index in [1.807, 2.05) is 84.9 Å². The van der Waals surface area contributed by atoms with E-state index in [1.165, 1.54) is 16.4 Å². The van der Waals surface area contributed by atoms with E-state index in [1.54, 1.807) is 0 Å². The van der Waals surface area contributed by atoms with Gasteiger partial charge in [0.15, 0.2) is 0 Å². The predicted octanol–water partition coefficient (Wildman–Crippen LogP) is 9.70. The first kappa shape index (κ1) is 22.0. The van der Waals surface area contributed by atoms with Crippen molar-refractivity contribution in [3.05, 3.63) is 145 Å². The number of nitrogens with zero attached hydrogens (tertiary/aromatic N) is 1. The third-order valence-electron chi connectivity index (χ3n) is 5.95. The molecule has 6 aromatic rings. The predicted molar refractivity (Wildman–Crippen MR) is 148 cm³/mol. The van der Waals surface area contributed by atoms with E-state index in [0.29, 0.717) is 0 Å². The van der Waals surface area contributed by atoms with Gasteiger partial charge >= 0.3 is 0 Å². The fourth-order valence-corrected chi connectivity index (χ4v) is 5.83. The molecule has 0 aliphatic rings. The van der Waals surface area contributed by atoms with Crippen molar-refractivity contribution in [2.45, 2.75) is 0 Å². The van der Waals surface area contributed by atoms with Crippen LogP contribution in [0.5, 0.6) is 23.0 Å². The molecule has 0 saturated carbocycles. The first-order chi connectivity index (χ1) is 17.8. The van der Waals surface area contributed by atoms with E-state index in [9.17, 15) is 0 Å². The summed E-state index contributed by atoms with van der Waals surface area (Å²) in [4.78, 5) is 0. The molecule has 2 heterocycles. The third kappa shape index (κ3) is 4.98. The van der Waals surface area contributed by atoms with Gasteiger partial charge in [-0.05, 0) is 107 Å². The maximum atomic E-state index is 5.93. The molecule has 2 aromatic heterocycles. The zero-order valence-corrected chi connectivity index (χ0v) is 20.5. The van der Waals surface area contributed by atoms with Crippen LogP contribution >= 0.6 is 7.53 Å². The fourth-order valence-electron chi connectivity index (χ4n) is 4.08. The molecule has 4 aromatic carbocycles. The van der Waals surface area contributed by atoms with Gasteiger partial charge in [0.2, 0.25) is 0 Å². The zero-order chi connectivity index (χ0) is 24.2. The summed E-state index contributed by atoms with van der Waals surface area (Å²) >= 11 is 0. The van der Waals surface area contributed by atoms with E-state index in [0.717, 1.165) is 28.7 Å². The second kappa shape index (κ2) is 10.0. The first-order valence-corrected chi connectivity index (χ1v) is 13.3. The van der Waals surface area contributed by atoms with Crippen LogP contribution in [0.25, 0.3) is 22.1 Å². The highest BCUT2D eigenvalue weighted by Gasteiger charge is 2.07. The lowest BCUT2D eigenvalue weighted by molar-refractivity contribution is 0.482. The molecule has 1 unspecified atom stereocenters. The van der Waals surface area contributed by atoms with Gasteiger partial charge < -0.3 is 14.0 Å². The molecule has 1 atom stereocenters. The van der Waals surface area contributed by atoms with Crippen LogP contribution in [-0.4, -0.2) is 4.57 Å². The second-order valence-corrected chi connectivity index (χ2v) is 10.3. The smallest absolute Gasteiger partial charge is 0.127 e. The van der Waals surface area contributed by atoms with Gasteiger partial charge in [0.05, 0.1) is 0 Å². The minimum absolute atomic E-state index is 0.473. The molecule has 0 fully saturated rings. The summed E-state index contributed by atoms with van der Waals surface area (Å²) in [5.74, 6) is 8.04. The quantitative estimate of drug-likeness (QED) is 0.225. The molecule has 0 aliphatic carbocycles. The highest BCUT2D eigenvalue weighted by Crippen LogP contribution is 2.44. The molecule has 0 amide bonds. The number of hydrogen-bond donors (Lipinski definition) is 0. The number of rotatable bonds is 7. The van der Waals surface area contributed by atoms with Crippen molar-refractivity contribution in [1.29, 1.82) is 0 Å². The summed E-state index contributed by atoms with van der Waals surface area (Å²) in [6.07, 6.45) is 4.28. The summed E-state index contributed by atoms with van der Waals surface area (Å²) in [7, 11) is -0.473. The Morgan fingerprint density at radius 3 is 1.67 bits per heavy atom. The van der Waals surface area contributed by atoms with E-state index in [-0.39, 0.29) is 0 Å². The lowest BCUT2D eigenvalue weighted by atomic mass is 10.2. The van der Waals surface area contributed by atoms with Crippen molar-refractivity contribution in [2.24, 2.45) is 0 Å². The summed E-state index contributed by atoms with van der Waals surface area (Å²) in [5.41, 5.74) is 3.57. The first-order valence-electron chi connectivity index (χ1n) is 11.8. The lowest BCUT2D eigenvalue weighted by Crippen LogP contribution is -1.90. The molecule has 0 N–H and O–H groups in total. The van der Waals surface area contributed by atoms with Crippen molar-refractivity contribution in [3.8, 4) is 45.1 Å². The van der Waals surface area contributed by atoms with E-state index >= 15 is 0 Å². The maximum absolute atomic E-state index is 5.93.